The van der Waals surface area contributed by atoms with Crippen LogP contribution in [0.5, 0.6) is 0 Å². The molecule has 2 aliphatic rings. The molecule has 4 heteroatoms. The van der Waals surface area contributed by atoms with Gasteiger partial charge in [-0.2, -0.15) is 0 Å². The van der Waals surface area contributed by atoms with Gasteiger partial charge in [-0.05, 0) is 38.8 Å². The van der Waals surface area contributed by atoms with E-state index in [0.717, 1.165) is 19.5 Å². The van der Waals surface area contributed by atoms with E-state index in [2.05, 4.69) is 16.7 Å². The lowest BCUT2D eigenvalue weighted by Gasteiger charge is -2.35. The van der Waals surface area contributed by atoms with E-state index in [4.69, 9.17) is 4.74 Å². The molecule has 0 N–H and O–H groups in total. The molecule has 2 aliphatic heterocycles. The molecule has 0 saturated carbocycles. The average molecular weight is 268 g/mol. The minimum atomic E-state index is -0.0120. The number of ether oxygens (including phenoxy) is 1. The third kappa shape index (κ3) is 3.11. The summed E-state index contributed by atoms with van der Waals surface area (Å²) in [6, 6.07) is 1.03. The van der Waals surface area contributed by atoms with Crippen molar-refractivity contribution in [1.29, 1.82) is 0 Å². The van der Waals surface area contributed by atoms with Gasteiger partial charge in [0.2, 0.25) is 5.91 Å². The second kappa shape index (κ2) is 6.71. The van der Waals surface area contributed by atoms with Crippen LogP contribution < -0.4 is 0 Å². The molecular weight excluding hydrogens is 240 g/mol. The Kier molecular flexibility index (Phi) is 5.22. The highest BCUT2D eigenvalue weighted by Gasteiger charge is 2.39. The van der Waals surface area contributed by atoms with Crippen LogP contribution in [-0.2, 0) is 9.53 Å². The molecule has 0 aromatic carbocycles. The lowest BCUT2D eigenvalue weighted by Crippen LogP contribution is -2.49. The van der Waals surface area contributed by atoms with E-state index in [-0.39, 0.29) is 11.8 Å². The summed E-state index contributed by atoms with van der Waals surface area (Å²) in [5.41, 5.74) is 0. The summed E-state index contributed by atoms with van der Waals surface area (Å²) in [6.07, 6.45) is 4.86. The van der Waals surface area contributed by atoms with Gasteiger partial charge >= 0.3 is 0 Å². The smallest absolute Gasteiger partial charge is 0.228 e. The molecule has 0 bridgehead atoms. The van der Waals surface area contributed by atoms with E-state index in [1.54, 1.807) is 7.11 Å². The highest BCUT2D eigenvalue weighted by molar-refractivity contribution is 5.79. The zero-order valence-electron chi connectivity index (χ0n) is 12.6. The fourth-order valence-corrected chi connectivity index (χ4v) is 3.75. The van der Waals surface area contributed by atoms with Crippen molar-refractivity contribution in [3.8, 4) is 0 Å². The molecule has 19 heavy (non-hydrogen) atoms. The van der Waals surface area contributed by atoms with Crippen LogP contribution in [-0.4, -0.2) is 61.1 Å². The highest BCUT2D eigenvalue weighted by Crippen LogP contribution is 2.30. The lowest BCUT2D eigenvalue weighted by molar-refractivity contribution is -0.138. The Bertz CT molecular complexity index is 309. The number of carbonyl (C=O) groups is 1. The zero-order chi connectivity index (χ0) is 13.8. The van der Waals surface area contributed by atoms with Crippen molar-refractivity contribution in [2.45, 2.75) is 51.6 Å². The van der Waals surface area contributed by atoms with Crippen molar-refractivity contribution in [3.63, 3.8) is 0 Å². The van der Waals surface area contributed by atoms with Crippen LogP contribution in [0.3, 0.4) is 0 Å². The Hall–Kier alpha value is -0.610. The summed E-state index contributed by atoms with van der Waals surface area (Å²) in [5, 5.41) is 0. The molecule has 2 rings (SSSR count). The molecule has 0 spiro atoms. The molecule has 2 saturated heterocycles. The third-order valence-corrected chi connectivity index (χ3v) is 4.69. The summed E-state index contributed by atoms with van der Waals surface area (Å²) < 4.78 is 5.13. The van der Waals surface area contributed by atoms with Gasteiger partial charge in [0, 0.05) is 25.7 Å². The highest BCUT2D eigenvalue weighted by atomic mass is 16.5. The van der Waals surface area contributed by atoms with Crippen LogP contribution in [0, 0.1) is 5.92 Å². The van der Waals surface area contributed by atoms with Crippen molar-refractivity contribution < 1.29 is 9.53 Å². The molecule has 3 atom stereocenters. The van der Waals surface area contributed by atoms with E-state index < -0.39 is 0 Å². The largest absolute Gasteiger partial charge is 0.384 e. The van der Waals surface area contributed by atoms with Crippen LogP contribution in [0.4, 0.5) is 0 Å². The molecule has 0 radical (unpaired) electrons. The summed E-state index contributed by atoms with van der Waals surface area (Å²) >= 11 is 0. The predicted molar refractivity (Wildman–Crippen MR) is 76.0 cm³/mol. The number of hydrogen-bond acceptors (Lipinski definition) is 3. The first-order valence-corrected chi connectivity index (χ1v) is 7.72. The van der Waals surface area contributed by atoms with E-state index in [1.165, 1.54) is 25.8 Å². The van der Waals surface area contributed by atoms with Gasteiger partial charge in [-0.3, -0.25) is 9.69 Å². The van der Waals surface area contributed by atoms with Crippen LogP contribution in [0.2, 0.25) is 0 Å². The Morgan fingerprint density at radius 3 is 2.63 bits per heavy atom. The van der Waals surface area contributed by atoms with Gasteiger partial charge in [0.25, 0.3) is 0 Å². The van der Waals surface area contributed by atoms with Crippen molar-refractivity contribution in [2.75, 3.05) is 33.4 Å². The summed E-state index contributed by atoms with van der Waals surface area (Å²) in [5.74, 6) is 0.273. The maximum Gasteiger partial charge on any atom is 0.228 e. The van der Waals surface area contributed by atoms with Crippen LogP contribution >= 0.6 is 0 Å². The third-order valence-electron chi connectivity index (χ3n) is 4.69. The number of likely N-dealkylation sites (N-methyl/N-ethyl adjacent to an activating group) is 1. The zero-order valence-corrected chi connectivity index (χ0v) is 12.6. The van der Waals surface area contributed by atoms with Crippen LogP contribution in [0.25, 0.3) is 0 Å². The van der Waals surface area contributed by atoms with Gasteiger partial charge in [-0.25, -0.2) is 0 Å². The fourth-order valence-electron chi connectivity index (χ4n) is 3.75. The Morgan fingerprint density at radius 2 is 1.95 bits per heavy atom. The molecule has 110 valence electrons. The van der Waals surface area contributed by atoms with Crippen LogP contribution in [0.1, 0.15) is 39.5 Å². The summed E-state index contributed by atoms with van der Waals surface area (Å²) in [7, 11) is 1.67. The van der Waals surface area contributed by atoms with Crippen molar-refractivity contribution in [3.05, 3.63) is 0 Å². The van der Waals surface area contributed by atoms with E-state index in [9.17, 15) is 4.79 Å². The van der Waals surface area contributed by atoms with Gasteiger partial charge < -0.3 is 9.64 Å². The van der Waals surface area contributed by atoms with E-state index >= 15 is 0 Å². The standard InChI is InChI=1S/C15H28N2O2/c1-4-16-9-5-7-13(16)14-8-6-10-17(14)15(18)12(2)11-19-3/h12-14H,4-11H2,1-3H3/t12-,13-,14+/m1/s1. The molecule has 2 heterocycles. The van der Waals surface area contributed by atoms with Gasteiger partial charge in [0.05, 0.1) is 12.5 Å². The number of likely N-dealkylation sites (tertiary alicyclic amines) is 2. The lowest BCUT2D eigenvalue weighted by atomic mass is 10.0. The van der Waals surface area contributed by atoms with Crippen LogP contribution in [0.15, 0.2) is 0 Å². The first-order chi connectivity index (χ1) is 9.19. The Morgan fingerprint density at radius 1 is 1.26 bits per heavy atom. The molecule has 0 aromatic heterocycles. The number of amides is 1. The summed E-state index contributed by atoms with van der Waals surface area (Å²) in [4.78, 5) is 17.2. The second-order valence-corrected chi connectivity index (χ2v) is 5.94. The predicted octanol–water partition coefficient (Wildman–Crippen LogP) is 1.74. The van der Waals surface area contributed by atoms with Gasteiger partial charge in [0.1, 0.15) is 0 Å². The van der Waals surface area contributed by atoms with E-state index in [1.807, 2.05) is 6.92 Å². The van der Waals surface area contributed by atoms with Gasteiger partial charge in [0.15, 0.2) is 0 Å². The molecule has 2 fully saturated rings. The van der Waals surface area contributed by atoms with Gasteiger partial charge in [-0.1, -0.05) is 13.8 Å². The number of nitrogens with zero attached hydrogens (tertiary/aromatic N) is 2. The number of carbonyl (C=O) groups excluding carboxylic acids is 1. The quantitative estimate of drug-likeness (QED) is 0.761. The monoisotopic (exact) mass is 268 g/mol. The normalized spacial score (nSPS) is 29.9. The topological polar surface area (TPSA) is 32.8 Å². The minimum Gasteiger partial charge on any atom is -0.384 e. The first-order valence-electron chi connectivity index (χ1n) is 7.72. The molecule has 0 aromatic rings. The molecule has 0 unspecified atom stereocenters. The van der Waals surface area contributed by atoms with E-state index in [0.29, 0.717) is 18.7 Å². The molecular formula is C15H28N2O2. The SMILES string of the molecule is CCN1CCC[C@@H]1[C@@H]1CCCN1C(=O)[C@H](C)COC. The number of rotatable bonds is 5. The summed E-state index contributed by atoms with van der Waals surface area (Å²) in [6.45, 7) is 7.99. The van der Waals surface area contributed by atoms with Crippen molar-refractivity contribution in [1.82, 2.24) is 9.80 Å². The minimum absolute atomic E-state index is 0.0120. The molecule has 0 aliphatic carbocycles. The maximum absolute atomic E-state index is 12.5. The first kappa shape index (κ1) is 14.8. The fraction of sp³-hybridized carbons (Fsp3) is 0.933. The maximum atomic E-state index is 12.5. The van der Waals surface area contributed by atoms with Gasteiger partial charge in [-0.15, -0.1) is 0 Å². The Balaban J connectivity index is 2.02. The molecule has 4 nitrogen and oxygen atoms in total. The number of methoxy groups -OCH3 is 1. The number of hydrogen-bond donors (Lipinski definition) is 0. The average Bonchev–Trinajstić information content (AvgIpc) is 3.05. The van der Waals surface area contributed by atoms with Crippen molar-refractivity contribution in [2.24, 2.45) is 5.92 Å². The van der Waals surface area contributed by atoms with Crippen molar-refractivity contribution >= 4 is 5.91 Å². The molecule has 1 amide bonds. The second-order valence-electron chi connectivity index (χ2n) is 5.94. The Labute approximate surface area is 117 Å².